The van der Waals surface area contributed by atoms with Crippen molar-refractivity contribution in [2.24, 2.45) is 0 Å². The standard InChI is InChI=1S/C26H21ClF3N5O5/c1-2-39-13-14-40-25-32-23(16-3-5-17(6-4-16)26(28,29)30)34(33-25)19-9-7-18(8-10-19)31-24(36)21-12-11-20(35(37)38)15-22(21)27/h3-12,15H,2,13-14H2,1H3,(H,31,36). The van der Waals surface area contributed by atoms with Crippen LogP contribution >= 0.6 is 11.6 Å². The molecular formula is C26H21ClF3N5O5. The topological polar surface area (TPSA) is 121 Å². The Balaban J connectivity index is 1.59. The molecule has 4 rings (SSSR count). The van der Waals surface area contributed by atoms with E-state index in [1.54, 1.807) is 24.3 Å². The molecule has 10 nitrogen and oxygen atoms in total. The third-order valence-corrected chi connectivity index (χ3v) is 5.81. The Morgan fingerprint density at radius 1 is 1.07 bits per heavy atom. The van der Waals surface area contributed by atoms with Crippen molar-refractivity contribution in [3.8, 4) is 23.1 Å². The van der Waals surface area contributed by atoms with Crippen molar-refractivity contribution < 1.29 is 32.4 Å². The second-order valence-corrected chi connectivity index (χ2v) is 8.58. The number of hydrogen-bond acceptors (Lipinski definition) is 7. The molecule has 0 saturated heterocycles. The van der Waals surface area contributed by atoms with E-state index in [1.165, 1.54) is 28.9 Å². The minimum Gasteiger partial charge on any atom is -0.460 e. The van der Waals surface area contributed by atoms with E-state index in [-0.39, 0.29) is 34.7 Å². The summed E-state index contributed by atoms with van der Waals surface area (Å²) in [4.78, 5) is 27.3. The predicted molar refractivity (Wildman–Crippen MR) is 140 cm³/mol. The molecule has 0 spiro atoms. The van der Waals surface area contributed by atoms with E-state index in [0.717, 1.165) is 18.2 Å². The van der Waals surface area contributed by atoms with E-state index < -0.39 is 22.6 Å². The fourth-order valence-corrected chi connectivity index (χ4v) is 3.81. The van der Waals surface area contributed by atoms with Crippen LogP contribution in [-0.4, -0.2) is 45.4 Å². The van der Waals surface area contributed by atoms with Crippen molar-refractivity contribution in [3.05, 3.63) is 93.0 Å². The van der Waals surface area contributed by atoms with E-state index >= 15 is 0 Å². The normalized spacial score (nSPS) is 11.3. The summed E-state index contributed by atoms with van der Waals surface area (Å²) in [6, 6.07) is 14.3. The number of rotatable bonds is 10. The van der Waals surface area contributed by atoms with E-state index in [2.05, 4.69) is 15.4 Å². The molecule has 0 atom stereocenters. The van der Waals surface area contributed by atoms with Gasteiger partial charge in [0.25, 0.3) is 11.6 Å². The van der Waals surface area contributed by atoms with Gasteiger partial charge in [0, 0.05) is 30.0 Å². The number of anilines is 1. The van der Waals surface area contributed by atoms with Gasteiger partial charge in [-0.25, -0.2) is 4.68 Å². The Bertz CT molecular complexity index is 1510. The molecule has 0 aliphatic carbocycles. The van der Waals surface area contributed by atoms with Gasteiger partial charge in [-0.05, 0) is 49.4 Å². The van der Waals surface area contributed by atoms with Crippen LogP contribution in [0.2, 0.25) is 5.02 Å². The third-order valence-electron chi connectivity index (χ3n) is 5.50. The minimum atomic E-state index is -4.49. The number of nitro benzene ring substituents is 1. The number of nitrogens with one attached hydrogen (secondary N) is 1. The molecule has 1 N–H and O–H groups in total. The van der Waals surface area contributed by atoms with Crippen LogP contribution in [0.1, 0.15) is 22.8 Å². The van der Waals surface area contributed by atoms with Gasteiger partial charge in [-0.2, -0.15) is 18.2 Å². The molecule has 0 aliphatic rings. The number of non-ortho nitro benzene ring substituents is 1. The molecular weight excluding hydrogens is 555 g/mol. The summed E-state index contributed by atoms with van der Waals surface area (Å²) >= 11 is 6.04. The number of nitro groups is 1. The van der Waals surface area contributed by atoms with Crippen molar-refractivity contribution in [1.29, 1.82) is 0 Å². The monoisotopic (exact) mass is 575 g/mol. The first-order valence-electron chi connectivity index (χ1n) is 11.8. The van der Waals surface area contributed by atoms with Gasteiger partial charge in [-0.1, -0.05) is 23.7 Å². The van der Waals surface area contributed by atoms with Gasteiger partial charge in [-0.3, -0.25) is 14.9 Å². The van der Waals surface area contributed by atoms with E-state index in [4.69, 9.17) is 21.1 Å². The Morgan fingerprint density at radius 2 is 1.77 bits per heavy atom. The van der Waals surface area contributed by atoms with Gasteiger partial charge in [0.15, 0.2) is 5.82 Å². The molecule has 208 valence electrons. The summed E-state index contributed by atoms with van der Waals surface area (Å²) in [5.41, 5.74) is 0.227. The molecule has 0 unspecified atom stereocenters. The number of amides is 1. The SMILES string of the molecule is CCOCCOc1nc(-c2ccc(C(F)(F)F)cc2)n(-c2ccc(NC(=O)c3ccc([N+](=O)[O-])cc3Cl)cc2)n1. The second kappa shape index (κ2) is 12.1. The summed E-state index contributed by atoms with van der Waals surface area (Å²) < 4.78 is 51.3. The van der Waals surface area contributed by atoms with Crippen LogP contribution < -0.4 is 10.1 Å². The van der Waals surface area contributed by atoms with Crippen LogP contribution in [0.3, 0.4) is 0 Å². The van der Waals surface area contributed by atoms with Crippen molar-refractivity contribution >= 4 is 28.9 Å². The molecule has 3 aromatic carbocycles. The van der Waals surface area contributed by atoms with Crippen molar-refractivity contribution in [3.63, 3.8) is 0 Å². The lowest BCUT2D eigenvalue weighted by Crippen LogP contribution is -2.12. The van der Waals surface area contributed by atoms with Crippen molar-refractivity contribution in [1.82, 2.24) is 14.8 Å². The molecule has 1 amide bonds. The number of carbonyl (C=O) groups excluding carboxylic acids is 1. The zero-order valence-electron chi connectivity index (χ0n) is 20.8. The molecule has 1 aromatic heterocycles. The number of halogens is 4. The highest BCUT2D eigenvalue weighted by Gasteiger charge is 2.30. The zero-order chi connectivity index (χ0) is 28.9. The summed E-state index contributed by atoms with van der Waals surface area (Å²) in [7, 11) is 0. The zero-order valence-corrected chi connectivity index (χ0v) is 21.6. The number of carbonyl (C=O) groups is 1. The van der Waals surface area contributed by atoms with E-state index in [0.29, 0.717) is 30.2 Å². The van der Waals surface area contributed by atoms with E-state index in [1.807, 2.05) is 6.92 Å². The quantitative estimate of drug-likeness (QED) is 0.136. The Kier molecular flexibility index (Phi) is 8.65. The minimum absolute atomic E-state index is 0.000191. The molecule has 0 fully saturated rings. The molecule has 0 radical (unpaired) electrons. The summed E-state index contributed by atoms with van der Waals surface area (Å²) in [5.74, 6) is -0.349. The first-order chi connectivity index (χ1) is 19.1. The lowest BCUT2D eigenvalue weighted by Gasteiger charge is -2.10. The molecule has 14 heteroatoms. The van der Waals surface area contributed by atoms with Crippen LogP contribution in [0.15, 0.2) is 66.7 Å². The van der Waals surface area contributed by atoms with Gasteiger partial charge in [0.1, 0.15) is 6.61 Å². The smallest absolute Gasteiger partial charge is 0.416 e. The molecule has 0 saturated carbocycles. The van der Waals surface area contributed by atoms with E-state index in [9.17, 15) is 28.1 Å². The lowest BCUT2D eigenvalue weighted by molar-refractivity contribution is -0.384. The maximum Gasteiger partial charge on any atom is 0.416 e. The van der Waals surface area contributed by atoms with Gasteiger partial charge in [0.2, 0.25) is 0 Å². The van der Waals surface area contributed by atoms with Crippen LogP contribution in [0, 0.1) is 10.1 Å². The summed E-state index contributed by atoms with van der Waals surface area (Å²) in [6.07, 6.45) is -4.49. The predicted octanol–water partition coefficient (Wildman–Crippen LogP) is 6.18. The van der Waals surface area contributed by atoms with Crippen molar-refractivity contribution in [2.45, 2.75) is 13.1 Å². The number of aromatic nitrogens is 3. The number of hydrogen-bond donors (Lipinski definition) is 1. The van der Waals surface area contributed by atoms with Crippen LogP contribution in [-0.2, 0) is 10.9 Å². The Morgan fingerprint density at radius 3 is 2.38 bits per heavy atom. The molecule has 40 heavy (non-hydrogen) atoms. The van der Waals surface area contributed by atoms with Gasteiger partial charge in [0.05, 0.1) is 33.4 Å². The number of nitrogens with zero attached hydrogens (tertiary/aromatic N) is 4. The number of benzene rings is 3. The first-order valence-corrected chi connectivity index (χ1v) is 12.2. The maximum atomic E-state index is 13.1. The van der Waals surface area contributed by atoms with Gasteiger partial charge >= 0.3 is 12.2 Å². The van der Waals surface area contributed by atoms with Crippen LogP contribution in [0.25, 0.3) is 17.1 Å². The van der Waals surface area contributed by atoms with Crippen LogP contribution in [0.4, 0.5) is 24.5 Å². The number of ether oxygens (including phenoxy) is 2. The first kappa shape index (κ1) is 28.5. The highest BCUT2D eigenvalue weighted by molar-refractivity contribution is 6.34. The highest BCUT2D eigenvalue weighted by atomic mass is 35.5. The Labute approximate surface area is 230 Å². The Hall–Kier alpha value is -4.49. The molecule has 4 aromatic rings. The molecule has 0 bridgehead atoms. The average molecular weight is 576 g/mol. The summed E-state index contributed by atoms with van der Waals surface area (Å²) in [5, 5.41) is 17.8. The molecule has 1 heterocycles. The highest BCUT2D eigenvalue weighted by Crippen LogP contribution is 2.32. The lowest BCUT2D eigenvalue weighted by atomic mass is 10.1. The molecule has 0 aliphatic heterocycles. The maximum absolute atomic E-state index is 13.1. The second-order valence-electron chi connectivity index (χ2n) is 8.17. The van der Waals surface area contributed by atoms with Gasteiger partial charge in [-0.15, -0.1) is 5.10 Å². The van der Waals surface area contributed by atoms with Crippen LogP contribution in [0.5, 0.6) is 6.01 Å². The summed E-state index contributed by atoms with van der Waals surface area (Å²) in [6.45, 7) is 2.80. The average Bonchev–Trinajstić information content (AvgIpc) is 3.35. The largest absolute Gasteiger partial charge is 0.460 e. The van der Waals surface area contributed by atoms with Gasteiger partial charge < -0.3 is 14.8 Å². The number of alkyl halides is 3. The third kappa shape index (κ3) is 6.74. The fourth-order valence-electron chi connectivity index (χ4n) is 3.55. The van der Waals surface area contributed by atoms with Crippen molar-refractivity contribution in [2.75, 3.05) is 25.1 Å². The fraction of sp³-hybridized carbons (Fsp3) is 0.192.